The number of imidazole rings is 1. The quantitative estimate of drug-likeness (QED) is 0.345. The highest BCUT2D eigenvalue weighted by Crippen LogP contribution is 2.29. The number of nitrogens with one attached hydrogen (secondary N) is 1. The summed E-state index contributed by atoms with van der Waals surface area (Å²) in [5.41, 5.74) is 2.39. The van der Waals surface area contributed by atoms with Gasteiger partial charge < -0.3 is 24.3 Å². The fourth-order valence-corrected chi connectivity index (χ4v) is 5.29. The number of rotatable bonds is 7. The fourth-order valence-electron chi connectivity index (χ4n) is 5.04. The normalized spacial score (nSPS) is 14.1. The molecule has 0 unspecified atom stereocenters. The highest BCUT2D eigenvalue weighted by molar-refractivity contribution is 7.80. The Hall–Kier alpha value is -3.58. The SMILES string of the molecule is COc1cc(Cn2ccnc2C2CCN(C(=S)NCc3cccc4ccccc34)CC2)cc(OC)c1. The van der Waals surface area contributed by atoms with Crippen molar-refractivity contribution >= 4 is 28.1 Å². The molecule has 1 aliphatic rings. The highest BCUT2D eigenvalue weighted by atomic mass is 32.1. The van der Waals surface area contributed by atoms with Gasteiger partial charge in [-0.2, -0.15) is 0 Å². The van der Waals surface area contributed by atoms with Crippen LogP contribution in [0, 0.1) is 0 Å². The molecule has 6 nitrogen and oxygen atoms in total. The van der Waals surface area contributed by atoms with E-state index in [1.165, 1.54) is 16.3 Å². The minimum absolute atomic E-state index is 0.407. The number of ether oxygens (including phenoxy) is 2. The molecule has 0 aliphatic carbocycles. The van der Waals surface area contributed by atoms with Crippen LogP contribution in [0.1, 0.15) is 35.7 Å². The summed E-state index contributed by atoms with van der Waals surface area (Å²) in [4.78, 5) is 7.02. The van der Waals surface area contributed by atoms with Crippen LogP contribution >= 0.6 is 12.2 Å². The molecule has 1 saturated heterocycles. The second-order valence-corrected chi connectivity index (χ2v) is 9.58. The maximum atomic E-state index is 5.76. The topological polar surface area (TPSA) is 51.5 Å². The van der Waals surface area contributed by atoms with Crippen molar-refractivity contribution in [1.29, 1.82) is 0 Å². The van der Waals surface area contributed by atoms with Crippen molar-refractivity contribution in [3.05, 3.63) is 90.0 Å². The van der Waals surface area contributed by atoms with Crippen LogP contribution in [0.25, 0.3) is 10.8 Å². The zero-order chi connectivity index (χ0) is 24.9. The van der Waals surface area contributed by atoms with E-state index < -0.39 is 0 Å². The lowest BCUT2D eigenvalue weighted by molar-refractivity contribution is 0.300. The van der Waals surface area contributed by atoms with Gasteiger partial charge in [0.1, 0.15) is 17.3 Å². The van der Waals surface area contributed by atoms with Crippen LogP contribution in [0.4, 0.5) is 0 Å². The summed E-state index contributed by atoms with van der Waals surface area (Å²) in [6, 6.07) is 20.9. The number of likely N-dealkylation sites (tertiary alicyclic amines) is 1. The van der Waals surface area contributed by atoms with Gasteiger partial charge in [0.25, 0.3) is 0 Å². The molecule has 7 heteroatoms. The smallest absolute Gasteiger partial charge is 0.169 e. The molecule has 0 bridgehead atoms. The highest BCUT2D eigenvalue weighted by Gasteiger charge is 2.25. The molecule has 186 valence electrons. The molecular weight excluding hydrogens is 468 g/mol. The zero-order valence-corrected chi connectivity index (χ0v) is 21.6. The van der Waals surface area contributed by atoms with E-state index in [0.717, 1.165) is 67.0 Å². The van der Waals surface area contributed by atoms with Crippen molar-refractivity contribution in [2.45, 2.75) is 31.8 Å². The molecule has 1 N–H and O–H groups in total. The van der Waals surface area contributed by atoms with Crippen LogP contribution in [0.3, 0.4) is 0 Å². The lowest BCUT2D eigenvalue weighted by Gasteiger charge is -2.34. The third-order valence-corrected chi connectivity index (χ3v) is 7.37. The van der Waals surface area contributed by atoms with Crippen molar-refractivity contribution in [3.63, 3.8) is 0 Å². The van der Waals surface area contributed by atoms with Crippen molar-refractivity contribution < 1.29 is 9.47 Å². The van der Waals surface area contributed by atoms with E-state index in [1.54, 1.807) is 14.2 Å². The van der Waals surface area contributed by atoms with Gasteiger partial charge in [-0.1, -0.05) is 42.5 Å². The van der Waals surface area contributed by atoms with Gasteiger partial charge in [-0.25, -0.2) is 4.98 Å². The van der Waals surface area contributed by atoms with E-state index in [1.807, 2.05) is 12.3 Å². The summed E-state index contributed by atoms with van der Waals surface area (Å²) < 4.78 is 13.1. The van der Waals surface area contributed by atoms with Gasteiger partial charge in [-0.05, 0) is 59.1 Å². The molecule has 0 radical (unpaired) electrons. The van der Waals surface area contributed by atoms with E-state index in [-0.39, 0.29) is 0 Å². The van der Waals surface area contributed by atoms with Crippen LogP contribution in [0.15, 0.2) is 73.1 Å². The summed E-state index contributed by atoms with van der Waals surface area (Å²) in [6.45, 7) is 3.31. The van der Waals surface area contributed by atoms with Crippen molar-refractivity contribution in [2.75, 3.05) is 27.3 Å². The number of hydrogen-bond acceptors (Lipinski definition) is 4. The predicted molar refractivity (Wildman–Crippen MR) is 148 cm³/mol. The number of thiocarbonyl (C=S) groups is 1. The Bertz CT molecular complexity index is 1320. The second-order valence-electron chi connectivity index (χ2n) is 9.19. The first-order chi connectivity index (χ1) is 17.6. The largest absolute Gasteiger partial charge is 0.497 e. The number of aromatic nitrogens is 2. The molecular formula is C29H32N4O2S. The number of piperidine rings is 1. The van der Waals surface area contributed by atoms with Crippen molar-refractivity contribution in [3.8, 4) is 11.5 Å². The summed E-state index contributed by atoms with van der Waals surface area (Å²) >= 11 is 5.76. The average molecular weight is 501 g/mol. The molecule has 2 heterocycles. The molecule has 4 aromatic rings. The number of nitrogens with zero attached hydrogens (tertiary/aromatic N) is 3. The van der Waals surface area contributed by atoms with Gasteiger partial charge in [0, 0.05) is 50.6 Å². The lowest BCUT2D eigenvalue weighted by atomic mass is 9.96. The molecule has 1 fully saturated rings. The molecule has 0 atom stereocenters. The third-order valence-electron chi connectivity index (χ3n) is 6.97. The van der Waals surface area contributed by atoms with Gasteiger partial charge in [0.2, 0.25) is 0 Å². The predicted octanol–water partition coefficient (Wildman–Crippen LogP) is 5.36. The molecule has 36 heavy (non-hydrogen) atoms. The van der Waals surface area contributed by atoms with Crippen LogP contribution in [-0.4, -0.2) is 46.9 Å². The number of fused-ring (bicyclic) bond motifs is 1. The summed E-state index contributed by atoms with van der Waals surface area (Å²) in [5.74, 6) is 3.13. The van der Waals surface area contributed by atoms with E-state index in [2.05, 4.69) is 75.6 Å². The fraction of sp³-hybridized carbons (Fsp3) is 0.310. The second kappa shape index (κ2) is 11.0. The maximum Gasteiger partial charge on any atom is 0.169 e. The van der Waals surface area contributed by atoms with Crippen LogP contribution < -0.4 is 14.8 Å². The molecule has 0 amide bonds. The van der Waals surface area contributed by atoms with Crippen LogP contribution in [-0.2, 0) is 13.1 Å². The number of methoxy groups -OCH3 is 2. The van der Waals surface area contributed by atoms with Gasteiger partial charge >= 0.3 is 0 Å². The Morgan fingerprint density at radius 1 is 1.00 bits per heavy atom. The standard InChI is InChI=1S/C29H32N4O2S/c1-34-25-16-21(17-26(18-25)35-2)20-33-15-12-30-28(33)23-10-13-32(14-11-23)29(36)31-19-24-8-5-7-22-6-3-4-9-27(22)24/h3-9,12,15-18,23H,10-11,13-14,19-20H2,1-2H3,(H,31,36). The Morgan fingerprint density at radius 2 is 1.72 bits per heavy atom. The third kappa shape index (κ3) is 5.31. The number of hydrogen-bond donors (Lipinski definition) is 1. The van der Waals surface area contributed by atoms with E-state index in [9.17, 15) is 0 Å². The maximum absolute atomic E-state index is 5.76. The Labute approximate surface area is 217 Å². The Balaban J connectivity index is 1.19. The van der Waals surface area contributed by atoms with Gasteiger partial charge in [0.15, 0.2) is 5.11 Å². The molecule has 3 aromatic carbocycles. The first-order valence-corrected chi connectivity index (χ1v) is 12.8. The molecule has 0 spiro atoms. The van der Waals surface area contributed by atoms with Gasteiger partial charge in [0.05, 0.1) is 14.2 Å². The lowest BCUT2D eigenvalue weighted by Crippen LogP contribution is -2.43. The monoisotopic (exact) mass is 500 g/mol. The first kappa shape index (κ1) is 24.1. The average Bonchev–Trinajstić information content (AvgIpc) is 3.39. The van der Waals surface area contributed by atoms with E-state index in [4.69, 9.17) is 26.7 Å². The van der Waals surface area contributed by atoms with Gasteiger partial charge in [-0.3, -0.25) is 0 Å². The molecule has 1 aromatic heterocycles. The minimum atomic E-state index is 0.407. The van der Waals surface area contributed by atoms with Gasteiger partial charge in [-0.15, -0.1) is 0 Å². The Kier molecular flexibility index (Phi) is 7.37. The number of benzene rings is 3. The summed E-state index contributed by atoms with van der Waals surface area (Å²) in [7, 11) is 3.35. The molecule has 0 saturated carbocycles. The minimum Gasteiger partial charge on any atom is -0.497 e. The molecule has 1 aliphatic heterocycles. The first-order valence-electron chi connectivity index (χ1n) is 12.4. The zero-order valence-electron chi connectivity index (χ0n) is 20.8. The Morgan fingerprint density at radius 3 is 2.47 bits per heavy atom. The van der Waals surface area contributed by atoms with Crippen LogP contribution in [0.2, 0.25) is 0 Å². The van der Waals surface area contributed by atoms with Crippen molar-refractivity contribution in [1.82, 2.24) is 19.8 Å². The van der Waals surface area contributed by atoms with Crippen molar-refractivity contribution in [2.24, 2.45) is 0 Å². The van der Waals surface area contributed by atoms with E-state index >= 15 is 0 Å². The summed E-state index contributed by atoms with van der Waals surface area (Å²) in [5, 5.41) is 6.84. The molecule has 5 rings (SSSR count). The van der Waals surface area contributed by atoms with Crippen LogP contribution in [0.5, 0.6) is 11.5 Å². The summed E-state index contributed by atoms with van der Waals surface area (Å²) in [6.07, 6.45) is 6.00. The van der Waals surface area contributed by atoms with E-state index in [0.29, 0.717) is 5.92 Å².